The molecule has 2 saturated heterocycles. The van der Waals surface area contributed by atoms with Gasteiger partial charge in [-0.15, -0.1) is 0 Å². The summed E-state index contributed by atoms with van der Waals surface area (Å²) in [5.41, 5.74) is 0.442. The standard InChI is InChI=1S/C29H37N3O6/c1-4-19(18-33)32-25-27(35)31(21-13-11-20(12-14-21)30(5-2)6-3)16-9-15-29(25)24(26(32)34)23-22(38-29)10-7-8-17-37-28(23)36/h7,9-15,19,22-25,33H,4-6,8,16-18H2,1-3H3/t19-,22-,23+,24-,25?,29-/m0/s1. The fourth-order valence-electron chi connectivity index (χ4n) is 6.52. The van der Waals surface area contributed by atoms with E-state index in [1.807, 2.05) is 49.4 Å². The summed E-state index contributed by atoms with van der Waals surface area (Å²) >= 11 is 0. The molecule has 1 aromatic rings. The van der Waals surface area contributed by atoms with Crippen molar-refractivity contribution >= 4 is 29.2 Å². The first-order chi connectivity index (χ1) is 18.4. The number of aliphatic hydroxyl groups is 1. The number of hydrogen-bond acceptors (Lipinski definition) is 7. The molecule has 4 heterocycles. The fourth-order valence-corrected chi connectivity index (χ4v) is 6.52. The normalized spacial score (nSPS) is 31.2. The predicted molar refractivity (Wildman–Crippen MR) is 143 cm³/mol. The summed E-state index contributed by atoms with van der Waals surface area (Å²) < 4.78 is 12.0. The van der Waals surface area contributed by atoms with E-state index in [0.29, 0.717) is 25.1 Å². The van der Waals surface area contributed by atoms with Gasteiger partial charge < -0.3 is 29.3 Å². The number of ether oxygens (including phenoxy) is 2. The quantitative estimate of drug-likeness (QED) is 0.432. The van der Waals surface area contributed by atoms with Gasteiger partial charge in [-0.05, 0) is 51.0 Å². The summed E-state index contributed by atoms with van der Waals surface area (Å²) in [6.07, 6.45) is 7.72. The Kier molecular flexibility index (Phi) is 7.33. The number of likely N-dealkylation sites (tertiary alicyclic amines) is 1. The average molecular weight is 524 g/mol. The maximum absolute atomic E-state index is 14.4. The molecule has 9 nitrogen and oxygen atoms in total. The smallest absolute Gasteiger partial charge is 0.312 e. The number of anilines is 2. The minimum absolute atomic E-state index is 0.236. The molecule has 0 saturated carbocycles. The summed E-state index contributed by atoms with van der Waals surface area (Å²) in [4.78, 5) is 47.0. The Morgan fingerprint density at radius 2 is 1.82 bits per heavy atom. The summed E-state index contributed by atoms with van der Waals surface area (Å²) in [5, 5.41) is 10.2. The number of nitrogens with zero attached hydrogens (tertiary/aromatic N) is 3. The second-order valence-electron chi connectivity index (χ2n) is 10.3. The molecule has 204 valence electrons. The molecule has 1 unspecified atom stereocenters. The van der Waals surface area contributed by atoms with Crippen LogP contribution >= 0.6 is 0 Å². The minimum Gasteiger partial charge on any atom is -0.465 e. The van der Waals surface area contributed by atoms with Crippen molar-refractivity contribution in [1.29, 1.82) is 0 Å². The highest BCUT2D eigenvalue weighted by Gasteiger charge is 2.72. The molecule has 0 aliphatic carbocycles. The zero-order valence-electron chi connectivity index (χ0n) is 22.3. The van der Waals surface area contributed by atoms with E-state index < -0.39 is 41.6 Å². The van der Waals surface area contributed by atoms with Crippen LogP contribution in [0.25, 0.3) is 0 Å². The van der Waals surface area contributed by atoms with Crippen molar-refractivity contribution in [3.8, 4) is 0 Å². The third-order valence-corrected chi connectivity index (χ3v) is 8.42. The van der Waals surface area contributed by atoms with Crippen LogP contribution in [0.5, 0.6) is 0 Å². The van der Waals surface area contributed by atoms with E-state index in [1.165, 1.54) is 4.90 Å². The fraction of sp³-hybridized carbons (Fsp3) is 0.552. The largest absolute Gasteiger partial charge is 0.465 e. The third-order valence-electron chi connectivity index (χ3n) is 8.42. The van der Waals surface area contributed by atoms with E-state index in [9.17, 15) is 19.5 Å². The van der Waals surface area contributed by atoms with Crippen LogP contribution in [0.1, 0.15) is 33.6 Å². The minimum atomic E-state index is -1.34. The lowest BCUT2D eigenvalue weighted by molar-refractivity contribution is -0.155. The molecule has 9 heteroatoms. The zero-order chi connectivity index (χ0) is 27.0. The highest BCUT2D eigenvalue weighted by atomic mass is 16.6. The third kappa shape index (κ3) is 4.03. The topological polar surface area (TPSA) is 99.6 Å². The van der Waals surface area contributed by atoms with Gasteiger partial charge in [0.1, 0.15) is 17.6 Å². The Labute approximate surface area is 223 Å². The summed E-state index contributed by atoms with van der Waals surface area (Å²) in [6, 6.07) is 6.23. The summed E-state index contributed by atoms with van der Waals surface area (Å²) in [7, 11) is 0. The summed E-state index contributed by atoms with van der Waals surface area (Å²) in [5.74, 6) is -2.91. The predicted octanol–water partition coefficient (Wildman–Crippen LogP) is 2.29. The van der Waals surface area contributed by atoms with E-state index in [1.54, 1.807) is 11.0 Å². The molecule has 6 atom stereocenters. The lowest BCUT2D eigenvalue weighted by atomic mass is 9.77. The molecule has 0 bridgehead atoms. The van der Waals surface area contributed by atoms with Crippen molar-refractivity contribution < 1.29 is 29.0 Å². The Morgan fingerprint density at radius 1 is 1.08 bits per heavy atom. The van der Waals surface area contributed by atoms with Crippen molar-refractivity contribution in [2.24, 2.45) is 11.8 Å². The van der Waals surface area contributed by atoms with Crippen LogP contribution in [0.2, 0.25) is 0 Å². The van der Waals surface area contributed by atoms with Crippen molar-refractivity contribution in [2.75, 3.05) is 42.6 Å². The second-order valence-corrected chi connectivity index (χ2v) is 10.3. The van der Waals surface area contributed by atoms with Crippen molar-refractivity contribution in [2.45, 2.75) is 57.4 Å². The molecule has 1 N–H and O–H groups in total. The monoisotopic (exact) mass is 523 g/mol. The van der Waals surface area contributed by atoms with Gasteiger partial charge in [0.15, 0.2) is 0 Å². The molecular weight excluding hydrogens is 486 g/mol. The van der Waals surface area contributed by atoms with Crippen LogP contribution in [0.4, 0.5) is 11.4 Å². The molecular formula is C29H37N3O6. The molecule has 2 amide bonds. The number of fused-ring (bicyclic) bond motifs is 2. The molecule has 1 spiro atoms. The van der Waals surface area contributed by atoms with E-state index in [4.69, 9.17) is 9.47 Å². The number of carbonyl (C=O) groups excluding carboxylic acids is 3. The lowest BCUT2D eigenvalue weighted by Crippen LogP contribution is -2.58. The van der Waals surface area contributed by atoms with Gasteiger partial charge in [0.2, 0.25) is 5.91 Å². The Morgan fingerprint density at radius 3 is 2.47 bits per heavy atom. The number of aliphatic hydroxyl groups excluding tert-OH is 1. The van der Waals surface area contributed by atoms with E-state index in [-0.39, 0.29) is 25.0 Å². The molecule has 5 rings (SSSR count). The Bertz CT molecular complexity index is 1130. The van der Waals surface area contributed by atoms with Gasteiger partial charge in [-0.3, -0.25) is 14.4 Å². The zero-order valence-corrected chi connectivity index (χ0v) is 22.3. The van der Waals surface area contributed by atoms with Crippen LogP contribution in [-0.4, -0.2) is 84.4 Å². The maximum Gasteiger partial charge on any atom is 0.312 e. The number of rotatable bonds is 7. The van der Waals surface area contributed by atoms with Gasteiger partial charge >= 0.3 is 5.97 Å². The number of esters is 1. The van der Waals surface area contributed by atoms with Gasteiger partial charge in [-0.25, -0.2) is 0 Å². The molecule has 0 aromatic heterocycles. The maximum atomic E-state index is 14.4. The van der Waals surface area contributed by atoms with Crippen molar-refractivity contribution in [3.05, 3.63) is 48.6 Å². The van der Waals surface area contributed by atoms with Crippen molar-refractivity contribution in [1.82, 2.24) is 4.90 Å². The summed E-state index contributed by atoms with van der Waals surface area (Å²) in [6.45, 7) is 8.05. The van der Waals surface area contributed by atoms with E-state index in [2.05, 4.69) is 18.7 Å². The van der Waals surface area contributed by atoms with Gasteiger partial charge in [-0.1, -0.05) is 31.2 Å². The highest BCUT2D eigenvalue weighted by Crippen LogP contribution is 2.54. The average Bonchev–Trinajstić information content (AvgIpc) is 3.30. The van der Waals surface area contributed by atoms with Crippen LogP contribution in [-0.2, 0) is 23.9 Å². The number of hydrogen-bond donors (Lipinski definition) is 1. The highest BCUT2D eigenvalue weighted by molar-refractivity contribution is 6.05. The first-order valence-electron chi connectivity index (χ1n) is 13.7. The van der Waals surface area contributed by atoms with Gasteiger partial charge in [0.05, 0.1) is 31.3 Å². The molecule has 4 aliphatic heterocycles. The Hall–Kier alpha value is -3.17. The van der Waals surface area contributed by atoms with Gasteiger partial charge in [0.25, 0.3) is 5.91 Å². The van der Waals surface area contributed by atoms with Crippen LogP contribution in [0.3, 0.4) is 0 Å². The van der Waals surface area contributed by atoms with Crippen LogP contribution < -0.4 is 9.80 Å². The van der Waals surface area contributed by atoms with Crippen LogP contribution in [0, 0.1) is 11.8 Å². The second kappa shape index (κ2) is 10.5. The first kappa shape index (κ1) is 26.4. The molecule has 1 aromatic carbocycles. The van der Waals surface area contributed by atoms with Crippen molar-refractivity contribution in [3.63, 3.8) is 0 Å². The lowest BCUT2D eigenvalue weighted by Gasteiger charge is -2.38. The van der Waals surface area contributed by atoms with E-state index >= 15 is 0 Å². The van der Waals surface area contributed by atoms with Gasteiger partial charge in [-0.2, -0.15) is 0 Å². The SMILES string of the molecule is CC[C@@H](CO)N1C(=O)[C@@H]2[C@@H]3C(=O)OCCC=C[C@@H]3O[C@@]23C=CCN(c2ccc(N(CC)CC)cc2)C(=O)C13. The molecule has 2 fully saturated rings. The first-order valence-corrected chi connectivity index (χ1v) is 13.7. The molecule has 4 aliphatic rings. The molecule has 0 radical (unpaired) electrons. The number of cyclic esters (lactones) is 1. The van der Waals surface area contributed by atoms with Gasteiger partial charge in [0, 0.05) is 31.0 Å². The van der Waals surface area contributed by atoms with E-state index in [0.717, 1.165) is 18.8 Å². The number of carbonyl (C=O) groups is 3. The Balaban J connectivity index is 1.58. The number of benzene rings is 1. The molecule has 38 heavy (non-hydrogen) atoms. The number of amides is 2. The van der Waals surface area contributed by atoms with Crippen LogP contribution in [0.15, 0.2) is 48.6 Å².